The summed E-state index contributed by atoms with van der Waals surface area (Å²) in [4.78, 5) is 25.2. The molecule has 1 amide bonds. The summed E-state index contributed by atoms with van der Waals surface area (Å²) >= 11 is 1.53. The molecule has 0 saturated heterocycles. The molecule has 0 radical (unpaired) electrons. The highest BCUT2D eigenvalue weighted by Gasteiger charge is 2.26. The molecule has 1 atom stereocenters. The number of carbonyl (C=O) groups is 2. The highest BCUT2D eigenvalue weighted by atomic mass is 32.2. The lowest BCUT2D eigenvalue weighted by Crippen LogP contribution is -2.35. The van der Waals surface area contributed by atoms with Crippen molar-refractivity contribution < 1.29 is 14.7 Å². The van der Waals surface area contributed by atoms with E-state index in [2.05, 4.69) is 0 Å². The number of nitrogens with zero attached hydrogens (tertiary/aromatic N) is 1. The fraction of sp³-hybridized carbons (Fsp3) is 0.867. The van der Waals surface area contributed by atoms with Gasteiger partial charge in [-0.1, -0.05) is 0 Å². The van der Waals surface area contributed by atoms with Crippen LogP contribution in [0, 0.1) is 11.8 Å². The largest absolute Gasteiger partial charge is 0.395 e. The Bertz CT molecular complexity index is 323. The van der Waals surface area contributed by atoms with Crippen molar-refractivity contribution in [2.75, 3.05) is 26.5 Å². The van der Waals surface area contributed by atoms with E-state index in [1.165, 1.54) is 11.8 Å². The molecule has 4 nitrogen and oxygen atoms in total. The molecule has 1 saturated carbocycles. The van der Waals surface area contributed by atoms with Gasteiger partial charge >= 0.3 is 0 Å². The second-order valence-corrected chi connectivity index (χ2v) is 6.99. The minimum atomic E-state index is -0.00148. The summed E-state index contributed by atoms with van der Waals surface area (Å²) in [5.74, 6) is 1.16. The van der Waals surface area contributed by atoms with Crippen LogP contribution in [0.5, 0.6) is 0 Å². The van der Waals surface area contributed by atoms with E-state index in [0.717, 1.165) is 32.2 Å². The Labute approximate surface area is 126 Å². The third kappa shape index (κ3) is 5.44. The molecular formula is C15H27NO3S. The number of hydrogen-bond acceptors (Lipinski definition) is 4. The van der Waals surface area contributed by atoms with Crippen LogP contribution in [0.4, 0.5) is 0 Å². The highest BCUT2D eigenvalue weighted by Crippen LogP contribution is 2.29. The standard InChI is InChI=1S/C15H27NO3S/c1-11(18)13-6-4-12(5-7-13)9-16(2)15(19)8-14(10-17)20-3/h12-14,17H,4-10H2,1-3H3. The predicted octanol–water partition coefficient (Wildman–Crippen LogP) is 1.95. The first-order valence-corrected chi connectivity index (χ1v) is 8.64. The lowest BCUT2D eigenvalue weighted by Gasteiger charge is -2.30. The number of rotatable bonds is 7. The van der Waals surface area contributed by atoms with Gasteiger partial charge in [-0.3, -0.25) is 9.59 Å². The summed E-state index contributed by atoms with van der Waals surface area (Å²) in [6, 6.07) is 0. The van der Waals surface area contributed by atoms with Crippen LogP contribution in [0.25, 0.3) is 0 Å². The van der Waals surface area contributed by atoms with Crippen molar-refractivity contribution in [1.82, 2.24) is 4.90 Å². The summed E-state index contributed by atoms with van der Waals surface area (Å²) in [5.41, 5.74) is 0. The van der Waals surface area contributed by atoms with Crippen molar-refractivity contribution in [2.45, 2.75) is 44.3 Å². The van der Waals surface area contributed by atoms with Crippen LogP contribution in [0.1, 0.15) is 39.0 Å². The van der Waals surface area contributed by atoms with E-state index in [-0.39, 0.29) is 23.7 Å². The molecule has 0 aromatic rings. The first-order valence-electron chi connectivity index (χ1n) is 7.36. The summed E-state index contributed by atoms with van der Waals surface area (Å²) < 4.78 is 0. The van der Waals surface area contributed by atoms with Crippen LogP contribution in [0.2, 0.25) is 0 Å². The molecule has 5 heteroatoms. The van der Waals surface area contributed by atoms with E-state index in [4.69, 9.17) is 5.11 Å². The van der Waals surface area contributed by atoms with Gasteiger partial charge in [-0.05, 0) is 44.8 Å². The van der Waals surface area contributed by atoms with Gasteiger partial charge in [-0.25, -0.2) is 0 Å². The lowest BCUT2D eigenvalue weighted by molar-refractivity contribution is -0.131. The number of aliphatic hydroxyl groups excluding tert-OH is 1. The average molecular weight is 301 g/mol. The third-order valence-corrected chi connectivity index (χ3v) is 5.30. The summed E-state index contributed by atoms with van der Waals surface area (Å²) in [5, 5.41) is 9.13. The van der Waals surface area contributed by atoms with E-state index in [1.54, 1.807) is 11.8 Å². The van der Waals surface area contributed by atoms with Crippen molar-refractivity contribution in [1.29, 1.82) is 0 Å². The van der Waals surface area contributed by atoms with Crippen LogP contribution in [-0.4, -0.2) is 53.4 Å². The van der Waals surface area contributed by atoms with Gasteiger partial charge in [0.05, 0.1) is 6.61 Å². The van der Waals surface area contributed by atoms with Gasteiger partial charge < -0.3 is 10.0 Å². The zero-order chi connectivity index (χ0) is 15.1. The van der Waals surface area contributed by atoms with Crippen LogP contribution in [0.15, 0.2) is 0 Å². The molecule has 0 heterocycles. The van der Waals surface area contributed by atoms with Crippen LogP contribution in [-0.2, 0) is 9.59 Å². The Morgan fingerprint density at radius 3 is 2.35 bits per heavy atom. The summed E-state index contributed by atoms with van der Waals surface area (Å²) in [6.45, 7) is 2.50. The van der Waals surface area contributed by atoms with Gasteiger partial charge in [0.1, 0.15) is 5.78 Å². The first-order chi connectivity index (χ1) is 9.47. The lowest BCUT2D eigenvalue weighted by atomic mass is 9.80. The second-order valence-electron chi connectivity index (χ2n) is 5.85. The van der Waals surface area contributed by atoms with E-state index >= 15 is 0 Å². The van der Waals surface area contributed by atoms with E-state index in [0.29, 0.717) is 18.1 Å². The van der Waals surface area contributed by atoms with Crippen LogP contribution < -0.4 is 0 Å². The number of ketones is 1. The maximum absolute atomic E-state index is 12.1. The van der Waals surface area contributed by atoms with Crippen LogP contribution >= 0.6 is 11.8 Å². The molecule has 1 aliphatic carbocycles. The minimum absolute atomic E-state index is 0.00148. The van der Waals surface area contributed by atoms with Gasteiger partial charge in [0.25, 0.3) is 0 Å². The van der Waals surface area contributed by atoms with Crippen molar-refractivity contribution in [3.8, 4) is 0 Å². The minimum Gasteiger partial charge on any atom is -0.395 e. The molecular weight excluding hydrogens is 274 g/mol. The number of thioether (sulfide) groups is 1. The molecule has 0 aromatic heterocycles. The molecule has 1 unspecified atom stereocenters. The third-order valence-electron chi connectivity index (χ3n) is 4.32. The Morgan fingerprint density at radius 2 is 1.90 bits per heavy atom. The maximum atomic E-state index is 12.1. The Kier molecular flexibility index (Phi) is 7.59. The molecule has 1 fully saturated rings. The van der Waals surface area contributed by atoms with E-state index < -0.39 is 0 Å². The van der Waals surface area contributed by atoms with Crippen molar-refractivity contribution in [3.05, 3.63) is 0 Å². The number of aliphatic hydroxyl groups is 1. The maximum Gasteiger partial charge on any atom is 0.223 e. The average Bonchev–Trinajstić information content (AvgIpc) is 2.44. The number of carbonyl (C=O) groups excluding carboxylic acids is 2. The second kappa shape index (κ2) is 8.67. The van der Waals surface area contributed by atoms with Gasteiger partial charge in [-0.15, -0.1) is 0 Å². The molecule has 1 N–H and O–H groups in total. The predicted molar refractivity (Wildman–Crippen MR) is 82.8 cm³/mol. The monoisotopic (exact) mass is 301 g/mol. The molecule has 20 heavy (non-hydrogen) atoms. The first kappa shape index (κ1) is 17.5. The molecule has 0 bridgehead atoms. The molecule has 1 rings (SSSR count). The van der Waals surface area contributed by atoms with Gasteiger partial charge in [0.15, 0.2) is 0 Å². The quantitative estimate of drug-likeness (QED) is 0.781. The fourth-order valence-electron chi connectivity index (χ4n) is 2.81. The van der Waals surface area contributed by atoms with Crippen molar-refractivity contribution >= 4 is 23.5 Å². The smallest absolute Gasteiger partial charge is 0.223 e. The molecule has 116 valence electrons. The Hall–Kier alpha value is -0.550. The molecule has 0 aliphatic heterocycles. The fourth-order valence-corrected chi connectivity index (χ4v) is 3.27. The number of Topliss-reactive ketones (excluding diaryl/α,β-unsaturated/α-hetero) is 1. The molecule has 0 aromatic carbocycles. The van der Waals surface area contributed by atoms with Crippen LogP contribution in [0.3, 0.4) is 0 Å². The summed E-state index contributed by atoms with van der Waals surface area (Å²) in [7, 11) is 1.84. The van der Waals surface area contributed by atoms with Crippen molar-refractivity contribution in [2.24, 2.45) is 11.8 Å². The highest BCUT2D eigenvalue weighted by molar-refractivity contribution is 7.99. The zero-order valence-corrected chi connectivity index (χ0v) is 13.6. The van der Waals surface area contributed by atoms with Gasteiger partial charge in [-0.2, -0.15) is 11.8 Å². The number of hydrogen-bond donors (Lipinski definition) is 1. The van der Waals surface area contributed by atoms with Gasteiger partial charge in [0, 0.05) is 31.2 Å². The molecule has 0 spiro atoms. The normalized spacial score (nSPS) is 24.2. The Balaban J connectivity index is 2.34. The molecule has 1 aliphatic rings. The summed E-state index contributed by atoms with van der Waals surface area (Å²) in [6.07, 6.45) is 6.31. The van der Waals surface area contributed by atoms with Gasteiger partial charge in [0.2, 0.25) is 5.91 Å². The van der Waals surface area contributed by atoms with E-state index in [1.807, 2.05) is 13.3 Å². The van der Waals surface area contributed by atoms with E-state index in [9.17, 15) is 9.59 Å². The Morgan fingerprint density at radius 1 is 1.30 bits per heavy atom. The number of amides is 1. The topological polar surface area (TPSA) is 57.6 Å². The zero-order valence-electron chi connectivity index (χ0n) is 12.8. The SMILES string of the molecule is CSC(CO)CC(=O)N(C)CC1CCC(C(C)=O)CC1. The van der Waals surface area contributed by atoms with Crippen molar-refractivity contribution in [3.63, 3.8) is 0 Å².